The van der Waals surface area contributed by atoms with Crippen LogP contribution in [0.25, 0.3) is 28.4 Å². The number of nitrogens with zero attached hydrogens (tertiary/aromatic N) is 7. The van der Waals surface area contributed by atoms with Crippen LogP contribution in [0.3, 0.4) is 0 Å². The summed E-state index contributed by atoms with van der Waals surface area (Å²) in [7, 11) is 5.51. The molecule has 0 fully saturated rings. The van der Waals surface area contributed by atoms with E-state index < -0.39 is 0 Å². The summed E-state index contributed by atoms with van der Waals surface area (Å²) >= 11 is 0. The van der Waals surface area contributed by atoms with Gasteiger partial charge in [0.05, 0.1) is 12.8 Å². The maximum atomic E-state index is 5.26. The van der Waals surface area contributed by atoms with Gasteiger partial charge in [-0.15, -0.1) is 5.10 Å². The second-order valence-electron chi connectivity index (χ2n) is 7.68. The molecule has 0 saturated heterocycles. The molecule has 0 radical (unpaired) electrons. The van der Waals surface area contributed by atoms with Crippen molar-refractivity contribution in [1.29, 1.82) is 0 Å². The summed E-state index contributed by atoms with van der Waals surface area (Å²) in [6.45, 7) is 2.68. The Bertz CT molecular complexity index is 1390. The molecule has 32 heavy (non-hydrogen) atoms. The molecule has 5 rings (SSSR count). The second kappa shape index (κ2) is 7.84. The van der Waals surface area contributed by atoms with E-state index in [9.17, 15) is 0 Å². The summed E-state index contributed by atoms with van der Waals surface area (Å²) in [5.41, 5.74) is 5.01. The molecule has 0 bridgehead atoms. The van der Waals surface area contributed by atoms with Crippen molar-refractivity contribution in [2.24, 2.45) is 14.1 Å². The molecule has 162 valence electrons. The van der Waals surface area contributed by atoms with Crippen LogP contribution in [-0.4, -0.2) is 41.0 Å². The van der Waals surface area contributed by atoms with Gasteiger partial charge in [-0.05, 0) is 36.2 Å². The van der Waals surface area contributed by atoms with Crippen LogP contribution in [0, 0.1) is 6.92 Å². The summed E-state index contributed by atoms with van der Waals surface area (Å²) in [6, 6.07) is 9.98. The van der Waals surface area contributed by atoms with Crippen molar-refractivity contribution in [3.8, 4) is 28.7 Å². The summed E-state index contributed by atoms with van der Waals surface area (Å²) in [6.07, 6.45) is 7.56. The molecule has 0 aliphatic rings. The highest BCUT2D eigenvalue weighted by atomic mass is 16.5. The van der Waals surface area contributed by atoms with E-state index in [-0.39, 0.29) is 0 Å². The van der Waals surface area contributed by atoms with Gasteiger partial charge < -0.3 is 14.6 Å². The lowest BCUT2D eigenvalue weighted by atomic mass is 10.1. The van der Waals surface area contributed by atoms with E-state index in [1.54, 1.807) is 18.0 Å². The largest absolute Gasteiger partial charge is 0.497 e. The number of anilines is 1. The van der Waals surface area contributed by atoms with Gasteiger partial charge in [0.25, 0.3) is 0 Å². The molecule has 0 aliphatic heterocycles. The van der Waals surface area contributed by atoms with E-state index in [4.69, 9.17) is 14.8 Å². The topological polar surface area (TPSA) is 87.1 Å². The number of methoxy groups -OCH3 is 1. The van der Waals surface area contributed by atoms with Gasteiger partial charge in [0, 0.05) is 51.0 Å². The molecule has 5 aromatic rings. The highest BCUT2D eigenvalue weighted by Gasteiger charge is 2.19. The number of imidazole rings is 1. The third kappa shape index (κ3) is 3.47. The molecule has 0 aliphatic carbocycles. The van der Waals surface area contributed by atoms with Gasteiger partial charge in [-0.1, -0.05) is 12.1 Å². The number of hydrogen-bond donors (Lipinski definition) is 1. The van der Waals surface area contributed by atoms with Gasteiger partial charge in [0.15, 0.2) is 11.6 Å². The van der Waals surface area contributed by atoms with Crippen LogP contribution in [0.2, 0.25) is 0 Å². The summed E-state index contributed by atoms with van der Waals surface area (Å²) in [4.78, 5) is 9.28. The molecule has 9 heteroatoms. The SMILES string of the molecule is COc1ccc(CNc2nc(-c3nccn3C)nn3cc(-c4ccn(C)n4)c(C)c23)cc1. The van der Waals surface area contributed by atoms with Crippen molar-refractivity contribution in [2.75, 3.05) is 12.4 Å². The Morgan fingerprint density at radius 2 is 1.84 bits per heavy atom. The molecular weight excluding hydrogens is 404 g/mol. The number of aromatic nitrogens is 7. The van der Waals surface area contributed by atoms with Crippen LogP contribution in [0.1, 0.15) is 11.1 Å². The fourth-order valence-corrected chi connectivity index (χ4v) is 3.78. The molecule has 4 heterocycles. The Balaban J connectivity index is 1.60. The highest BCUT2D eigenvalue weighted by Crippen LogP contribution is 2.31. The zero-order valence-corrected chi connectivity index (χ0v) is 18.4. The maximum Gasteiger partial charge on any atom is 0.218 e. The van der Waals surface area contributed by atoms with Gasteiger partial charge in [0.1, 0.15) is 11.3 Å². The summed E-state index contributed by atoms with van der Waals surface area (Å²) < 4.78 is 10.8. The van der Waals surface area contributed by atoms with Crippen molar-refractivity contribution in [2.45, 2.75) is 13.5 Å². The molecule has 0 atom stereocenters. The number of fused-ring (bicyclic) bond motifs is 1. The van der Waals surface area contributed by atoms with Gasteiger partial charge in [-0.25, -0.2) is 14.5 Å². The fourth-order valence-electron chi connectivity index (χ4n) is 3.78. The molecular formula is C23H24N8O. The zero-order chi connectivity index (χ0) is 22.2. The van der Waals surface area contributed by atoms with Crippen LogP contribution in [0.4, 0.5) is 5.82 Å². The number of ether oxygens (including phenoxy) is 1. The molecule has 1 aromatic carbocycles. The normalized spacial score (nSPS) is 11.2. The Morgan fingerprint density at radius 3 is 2.50 bits per heavy atom. The highest BCUT2D eigenvalue weighted by molar-refractivity contribution is 5.82. The molecule has 0 saturated carbocycles. The molecule has 1 N–H and O–H groups in total. The van der Waals surface area contributed by atoms with E-state index in [0.29, 0.717) is 18.2 Å². The quantitative estimate of drug-likeness (QED) is 0.446. The van der Waals surface area contributed by atoms with Crippen LogP contribution in [-0.2, 0) is 20.6 Å². The van der Waals surface area contributed by atoms with Crippen molar-refractivity contribution < 1.29 is 4.74 Å². The summed E-state index contributed by atoms with van der Waals surface area (Å²) in [5.74, 6) is 2.82. The first-order chi connectivity index (χ1) is 15.5. The smallest absolute Gasteiger partial charge is 0.218 e. The second-order valence-corrected chi connectivity index (χ2v) is 7.68. The molecule has 4 aromatic heterocycles. The fraction of sp³-hybridized carbons (Fsp3) is 0.217. The number of hydrogen-bond acceptors (Lipinski definition) is 6. The maximum absolute atomic E-state index is 5.26. The average Bonchev–Trinajstić information content (AvgIpc) is 3.51. The van der Waals surface area contributed by atoms with E-state index in [1.807, 2.05) is 72.1 Å². The number of aryl methyl sites for hydroxylation is 3. The molecule has 0 unspecified atom stereocenters. The van der Waals surface area contributed by atoms with Crippen LogP contribution in [0.5, 0.6) is 5.75 Å². The molecule has 0 amide bonds. The minimum atomic E-state index is 0.546. The van der Waals surface area contributed by atoms with Crippen molar-refractivity contribution in [3.05, 3.63) is 66.2 Å². The number of benzene rings is 1. The van der Waals surface area contributed by atoms with Crippen molar-refractivity contribution >= 4 is 11.3 Å². The van der Waals surface area contributed by atoms with E-state index in [2.05, 4.69) is 22.3 Å². The Hall–Kier alpha value is -4.14. The minimum Gasteiger partial charge on any atom is -0.497 e. The van der Waals surface area contributed by atoms with E-state index >= 15 is 0 Å². The Kier molecular flexibility index (Phi) is 4.85. The third-order valence-electron chi connectivity index (χ3n) is 5.51. The molecule has 0 spiro atoms. The Morgan fingerprint density at radius 1 is 1.03 bits per heavy atom. The Labute approximate surface area is 185 Å². The zero-order valence-electron chi connectivity index (χ0n) is 18.4. The lowest BCUT2D eigenvalue weighted by molar-refractivity contribution is 0.414. The third-order valence-corrected chi connectivity index (χ3v) is 5.51. The average molecular weight is 429 g/mol. The standard InChI is InChI=1S/C23H24N8O/c1-15-18(19-9-11-30(3)27-19)14-31-20(15)21(25-13-16-5-7-17(32-4)8-6-16)26-22(28-31)23-24-10-12-29(23)2/h5-12,14H,13H2,1-4H3,(H,25,26,28). The lowest BCUT2D eigenvalue weighted by Crippen LogP contribution is -2.08. The van der Waals surface area contributed by atoms with E-state index in [1.165, 1.54) is 0 Å². The first-order valence-electron chi connectivity index (χ1n) is 10.3. The van der Waals surface area contributed by atoms with Crippen LogP contribution >= 0.6 is 0 Å². The van der Waals surface area contributed by atoms with Crippen molar-refractivity contribution in [3.63, 3.8) is 0 Å². The van der Waals surface area contributed by atoms with Gasteiger partial charge >= 0.3 is 0 Å². The number of rotatable bonds is 6. The van der Waals surface area contributed by atoms with Crippen LogP contribution in [0.15, 0.2) is 55.1 Å². The summed E-state index contributed by atoms with van der Waals surface area (Å²) in [5, 5.41) is 12.8. The van der Waals surface area contributed by atoms with Gasteiger partial charge in [0.2, 0.25) is 5.82 Å². The van der Waals surface area contributed by atoms with Gasteiger partial charge in [-0.2, -0.15) is 5.10 Å². The van der Waals surface area contributed by atoms with Gasteiger partial charge in [-0.3, -0.25) is 4.68 Å². The van der Waals surface area contributed by atoms with Crippen molar-refractivity contribution in [1.82, 2.24) is 33.9 Å². The monoisotopic (exact) mass is 428 g/mol. The first-order valence-corrected chi connectivity index (χ1v) is 10.3. The predicted octanol–water partition coefficient (Wildman–Crippen LogP) is 3.46. The lowest BCUT2D eigenvalue weighted by Gasteiger charge is -2.11. The molecule has 9 nitrogen and oxygen atoms in total. The first kappa shape index (κ1) is 19.8. The predicted molar refractivity (Wildman–Crippen MR) is 122 cm³/mol. The minimum absolute atomic E-state index is 0.546. The van der Waals surface area contributed by atoms with E-state index in [0.717, 1.165) is 39.5 Å². The number of nitrogens with one attached hydrogen (secondary N) is 1. The van der Waals surface area contributed by atoms with Crippen LogP contribution < -0.4 is 10.1 Å².